The topological polar surface area (TPSA) is 29.3 Å². The Balaban J connectivity index is 1.87. The number of hydrogen-bond donors (Lipinski definition) is 1. The fourth-order valence-electron chi connectivity index (χ4n) is 4.05. The third-order valence-corrected chi connectivity index (χ3v) is 5.44. The van der Waals surface area contributed by atoms with Crippen LogP contribution in [0.4, 0.5) is 0 Å². The van der Waals surface area contributed by atoms with Gasteiger partial charge in [0, 0.05) is 18.6 Å². The Morgan fingerprint density at radius 3 is 2.39 bits per heavy atom. The summed E-state index contributed by atoms with van der Waals surface area (Å²) in [6.45, 7) is 6.02. The zero-order valence-corrected chi connectivity index (χ0v) is 12.6. The standard InChI is InChI=1S/C16H32N2/c1-12(2)14-8-9-15(17)16(10-14)18(3)11-13-6-4-5-7-13/h12-16H,4-11,17H2,1-3H3. The lowest BCUT2D eigenvalue weighted by Gasteiger charge is -2.41. The number of hydrogen-bond acceptors (Lipinski definition) is 2. The van der Waals surface area contributed by atoms with Gasteiger partial charge in [0.15, 0.2) is 0 Å². The minimum absolute atomic E-state index is 0.409. The van der Waals surface area contributed by atoms with Crippen molar-refractivity contribution in [1.82, 2.24) is 4.90 Å². The third kappa shape index (κ3) is 3.48. The molecule has 3 unspecified atom stereocenters. The molecule has 0 aliphatic heterocycles. The van der Waals surface area contributed by atoms with Crippen molar-refractivity contribution in [2.24, 2.45) is 23.5 Å². The smallest absolute Gasteiger partial charge is 0.0247 e. The molecule has 2 fully saturated rings. The van der Waals surface area contributed by atoms with E-state index < -0.39 is 0 Å². The Hall–Kier alpha value is -0.0800. The predicted octanol–water partition coefficient (Wildman–Crippen LogP) is 3.26. The summed E-state index contributed by atoms with van der Waals surface area (Å²) in [5.41, 5.74) is 6.37. The van der Waals surface area contributed by atoms with Crippen LogP contribution in [-0.2, 0) is 0 Å². The Morgan fingerprint density at radius 1 is 1.11 bits per heavy atom. The number of nitrogens with zero attached hydrogens (tertiary/aromatic N) is 1. The van der Waals surface area contributed by atoms with Crippen LogP contribution in [0.1, 0.15) is 58.8 Å². The largest absolute Gasteiger partial charge is 0.326 e. The van der Waals surface area contributed by atoms with Crippen molar-refractivity contribution in [3.63, 3.8) is 0 Å². The van der Waals surface area contributed by atoms with E-state index in [1.165, 1.54) is 51.5 Å². The van der Waals surface area contributed by atoms with Crippen LogP contribution >= 0.6 is 0 Å². The molecule has 2 N–H and O–H groups in total. The van der Waals surface area contributed by atoms with Crippen LogP contribution in [0, 0.1) is 17.8 Å². The van der Waals surface area contributed by atoms with Gasteiger partial charge in [-0.25, -0.2) is 0 Å². The van der Waals surface area contributed by atoms with Crippen LogP contribution in [0.5, 0.6) is 0 Å². The summed E-state index contributed by atoms with van der Waals surface area (Å²) in [6, 6.07) is 1.04. The van der Waals surface area contributed by atoms with Gasteiger partial charge in [0.1, 0.15) is 0 Å². The first-order valence-corrected chi connectivity index (χ1v) is 8.03. The molecule has 106 valence electrons. The summed E-state index contributed by atoms with van der Waals surface area (Å²) in [5, 5.41) is 0. The molecule has 0 amide bonds. The summed E-state index contributed by atoms with van der Waals surface area (Å²) in [4.78, 5) is 2.59. The Kier molecular flexibility index (Phi) is 5.08. The molecule has 0 bridgehead atoms. The van der Waals surface area contributed by atoms with Crippen LogP contribution in [0.3, 0.4) is 0 Å². The second kappa shape index (κ2) is 6.38. The number of likely N-dealkylation sites (N-methyl/N-ethyl adjacent to an activating group) is 1. The van der Waals surface area contributed by atoms with Crippen molar-refractivity contribution in [2.75, 3.05) is 13.6 Å². The van der Waals surface area contributed by atoms with E-state index in [-0.39, 0.29) is 0 Å². The highest BCUT2D eigenvalue weighted by molar-refractivity contribution is 4.90. The molecule has 0 saturated heterocycles. The molecule has 0 spiro atoms. The fourth-order valence-corrected chi connectivity index (χ4v) is 4.05. The average Bonchev–Trinajstić information content (AvgIpc) is 2.81. The fraction of sp³-hybridized carbons (Fsp3) is 1.00. The lowest BCUT2D eigenvalue weighted by Crippen LogP contribution is -2.51. The van der Waals surface area contributed by atoms with E-state index in [2.05, 4.69) is 25.8 Å². The van der Waals surface area contributed by atoms with Gasteiger partial charge < -0.3 is 10.6 Å². The van der Waals surface area contributed by atoms with Crippen molar-refractivity contribution < 1.29 is 0 Å². The molecule has 2 aliphatic carbocycles. The Bertz CT molecular complexity index is 245. The zero-order chi connectivity index (χ0) is 13.1. The Labute approximate surface area is 113 Å². The molecule has 2 nitrogen and oxygen atoms in total. The van der Waals surface area contributed by atoms with E-state index >= 15 is 0 Å². The second-order valence-corrected chi connectivity index (χ2v) is 7.14. The summed E-state index contributed by atoms with van der Waals surface area (Å²) in [5.74, 6) is 2.65. The Morgan fingerprint density at radius 2 is 1.78 bits per heavy atom. The number of nitrogens with two attached hydrogens (primary N) is 1. The van der Waals surface area contributed by atoms with Gasteiger partial charge in [0.05, 0.1) is 0 Å². The summed E-state index contributed by atoms with van der Waals surface area (Å²) < 4.78 is 0. The molecule has 0 heterocycles. The van der Waals surface area contributed by atoms with E-state index in [0.717, 1.165) is 17.8 Å². The monoisotopic (exact) mass is 252 g/mol. The molecule has 3 atom stereocenters. The van der Waals surface area contributed by atoms with Gasteiger partial charge in [-0.3, -0.25) is 0 Å². The minimum Gasteiger partial charge on any atom is -0.326 e. The van der Waals surface area contributed by atoms with Gasteiger partial charge in [-0.1, -0.05) is 26.7 Å². The van der Waals surface area contributed by atoms with Crippen LogP contribution in [0.2, 0.25) is 0 Å². The minimum atomic E-state index is 0.409. The van der Waals surface area contributed by atoms with E-state index in [1.807, 2.05) is 0 Å². The lowest BCUT2D eigenvalue weighted by atomic mass is 9.76. The highest BCUT2D eigenvalue weighted by atomic mass is 15.1. The first kappa shape index (κ1) is 14.3. The molecule has 0 aromatic heterocycles. The van der Waals surface area contributed by atoms with Gasteiger partial charge in [0.25, 0.3) is 0 Å². The SMILES string of the molecule is CC(C)C1CCC(N)C(N(C)CC2CCCC2)C1. The van der Waals surface area contributed by atoms with E-state index in [1.54, 1.807) is 0 Å². The molecular formula is C16H32N2. The normalized spacial score (nSPS) is 34.7. The van der Waals surface area contributed by atoms with Crippen LogP contribution in [-0.4, -0.2) is 30.6 Å². The van der Waals surface area contributed by atoms with Gasteiger partial charge in [0.2, 0.25) is 0 Å². The summed E-state index contributed by atoms with van der Waals surface area (Å²) in [7, 11) is 2.31. The van der Waals surface area contributed by atoms with Crippen molar-refractivity contribution in [2.45, 2.75) is 70.9 Å². The van der Waals surface area contributed by atoms with E-state index in [4.69, 9.17) is 5.73 Å². The van der Waals surface area contributed by atoms with Crippen molar-refractivity contribution >= 4 is 0 Å². The maximum absolute atomic E-state index is 6.37. The third-order valence-electron chi connectivity index (χ3n) is 5.44. The van der Waals surface area contributed by atoms with E-state index in [0.29, 0.717) is 12.1 Å². The first-order valence-electron chi connectivity index (χ1n) is 8.03. The van der Waals surface area contributed by atoms with Crippen LogP contribution < -0.4 is 5.73 Å². The lowest BCUT2D eigenvalue weighted by molar-refractivity contribution is 0.105. The molecule has 2 aliphatic rings. The molecule has 0 radical (unpaired) electrons. The van der Waals surface area contributed by atoms with Crippen LogP contribution in [0.25, 0.3) is 0 Å². The maximum Gasteiger partial charge on any atom is 0.0247 e. The summed E-state index contributed by atoms with van der Waals surface area (Å²) in [6.07, 6.45) is 9.67. The maximum atomic E-state index is 6.37. The first-order chi connectivity index (χ1) is 8.58. The van der Waals surface area contributed by atoms with Gasteiger partial charge in [-0.15, -0.1) is 0 Å². The van der Waals surface area contributed by atoms with Gasteiger partial charge >= 0.3 is 0 Å². The zero-order valence-electron chi connectivity index (χ0n) is 12.6. The molecule has 0 aromatic rings. The van der Waals surface area contributed by atoms with Gasteiger partial charge in [-0.2, -0.15) is 0 Å². The van der Waals surface area contributed by atoms with Crippen molar-refractivity contribution in [3.8, 4) is 0 Å². The van der Waals surface area contributed by atoms with Crippen molar-refractivity contribution in [3.05, 3.63) is 0 Å². The number of rotatable bonds is 4. The highest BCUT2D eigenvalue weighted by Crippen LogP contribution is 2.33. The molecule has 18 heavy (non-hydrogen) atoms. The molecule has 2 heteroatoms. The molecule has 2 saturated carbocycles. The molecule has 2 rings (SSSR count). The summed E-state index contributed by atoms with van der Waals surface area (Å²) >= 11 is 0. The second-order valence-electron chi connectivity index (χ2n) is 7.14. The van der Waals surface area contributed by atoms with Crippen molar-refractivity contribution in [1.29, 1.82) is 0 Å². The predicted molar refractivity (Wildman–Crippen MR) is 78.5 cm³/mol. The average molecular weight is 252 g/mol. The molecular weight excluding hydrogens is 220 g/mol. The van der Waals surface area contributed by atoms with E-state index in [9.17, 15) is 0 Å². The highest BCUT2D eigenvalue weighted by Gasteiger charge is 2.33. The quantitative estimate of drug-likeness (QED) is 0.832. The molecule has 0 aromatic carbocycles. The van der Waals surface area contributed by atoms with Gasteiger partial charge in [-0.05, 0) is 56.9 Å². The van der Waals surface area contributed by atoms with Crippen LogP contribution in [0.15, 0.2) is 0 Å².